The second kappa shape index (κ2) is 7.51. The predicted octanol–water partition coefficient (Wildman–Crippen LogP) is 2.28. The molecule has 3 heteroatoms. The van der Waals surface area contributed by atoms with Gasteiger partial charge in [0, 0.05) is 32.4 Å². The molecule has 0 aliphatic rings. The van der Waals surface area contributed by atoms with Crippen molar-refractivity contribution < 1.29 is 0 Å². The number of nitrogens with zero attached hydrogens (tertiary/aromatic N) is 2. The van der Waals surface area contributed by atoms with E-state index in [0.29, 0.717) is 5.84 Å². The highest BCUT2D eigenvalue weighted by atomic mass is 15.1. The Labute approximate surface area is 98.3 Å². The molecule has 0 unspecified atom stereocenters. The highest BCUT2D eigenvalue weighted by Crippen LogP contribution is 2.11. The van der Waals surface area contributed by atoms with Crippen LogP contribution in [0.25, 0.3) is 0 Å². The first-order valence-electron chi connectivity index (χ1n) is 5.13. The Morgan fingerprint density at radius 1 is 1.31 bits per heavy atom. The van der Waals surface area contributed by atoms with Crippen molar-refractivity contribution in [3.05, 3.63) is 42.5 Å². The number of hydrogen-bond acceptors (Lipinski definition) is 2. The summed E-state index contributed by atoms with van der Waals surface area (Å²) in [6, 6.07) is 7.98. The van der Waals surface area contributed by atoms with Crippen LogP contribution in [0.3, 0.4) is 0 Å². The van der Waals surface area contributed by atoms with E-state index in [1.807, 2.05) is 50.2 Å². The summed E-state index contributed by atoms with van der Waals surface area (Å²) in [5, 5.41) is 0. The molecule has 0 amide bonds. The number of benzene rings is 1. The molecule has 0 fully saturated rings. The Balaban J connectivity index is 0.000000673. The van der Waals surface area contributed by atoms with Crippen molar-refractivity contribution in [1.82, 2.24) is 0 Å². The molecule has 88 valence electrons. The Hall–Kier alpha value is -1.77. The van der Waals surface area contributed by atoms with Gasteiger partial charge in [0.2, 0.25) is 0 Å². The van der Waals surface area contributed by atoms with Crippen molar-refractivity contribution in [2.45, 2.75) is 6.92 Å². The lowest BCUT2D eigenvalue weighted by molar-refractivity contribution is 1.13. The third kappa shape index (κ3) is 4.64. The molecule has 1 rings (SSSR count). The molecule has 0 heterocycles. The smallest absolute Gasteiger partial charge is 0.125 e. The monoisotopic (exact) mass is 219 g/mol. The predicted molar refractivity (Wildman–Crippen MR) is 73.3 cm³/mol. The molecule has 0 aliphatic heterocycles. The van der Waals surface area contributed by atoms with Gasteiger partial charge in [0.1, 0.15) is 5.84 Å². The summed E-state index contributed by atoms with van der Waals surface area (Å²) in [5.41, 5.74) is 7.78. The van der Waals surface area contributed by atoms with E-state index in [9.17, 15) is 0 Å². The quantitative estimate of drug-likeness (QED) is 0.471. The third-order valence-corrected chi connectivity index (χ3v) is 1.92. The maximum absolute atomic E-state index is 5.66. The van der Waals surface area contributed by atoms with Gasteiger partial charge in [-0.1, -0.05) is 6.08 Å². The van der Waals surface area contributed by atoms with E-state index in [-0.39, 0.29) is 0 Å². The number of allylic oxidation sites excluding steroid dienone is 1. The van der Waals surface area contributed by atoms with Gasteiger partial charge in [0.15, 0.2) is 0 Å². The van der Waals surface area contributed by atoms with Gasteiger partial charge in [-0.25, -0.2) is 0 Å². The van der Waals surface area contributed by atoms with Crippen LogP contribution in [0, 0.1) is 0 Å². The average Bonchev–Trinajstić information content (AvgIpc) is 2.29. The lowest BCUT2D eigenvalue weighted by atomic mass is 10.2. The zero-order valence-corrected chi connectivity index (χ0v) is 10.6. The van der Waals surface area contributed by atoms with Gasteiger partial charge in [-0.2, -0.15) is 0 Å². The van der Waals surface area contributed by atoms with E-state index in [1.54, 1.807) is 13.1 Å². The van der Waals surface area contributed by atoms with Gasteiger partial charge in [-0.3, -0.25) is 4.99 Å². The van der Waals surface area contributed by atoms with E-state index >= 15 is 0 Å². The maximum atomic E-state index is 5.66. The first-order valence-corrected chi connectivity index (χ1v) is 5.13. The molecule has 0 aliphatic carbocycles. The normalized spacial score (nSPS) is 10.1. The van der Waals surface area contributed by atoms with Crippen molar-refractivity contribution in [3.63, 3.8) is 0 Å². The fraction of sp³-hybridized carbons (Fsp3) is 0.308. The van der Waals surface area contributed by atoms with Crippen LogP contribution < -0.4 is 10.6 Å². The molecule has 0 saturated heterocycles. The van der Waals surface area contributed by atoms with E-state index in [0.717, 1.165) is 11.3 Å². The molecule has 0 atom stereocenters. The Morgan fingerprint density at radius 3 is 2.06 bits per heavy atom. The minimum Gasteiger partial charge on any atom is -0.384 e. The molecular formula is C13H21N3. The summed E-state index contributed by atoms with van der Waals surface area (Å²) in [7, 11) is 5.70. The minimum absolute atomic E-state index is 0.574. The Morgan fingerprint density at radius 2 is 1.75 bits per heavy atom. The number of amidine groups is 1. The topological polar surface area (TPSA) is 41.6 Å². The Bertz CT molecular complexity index is 337. The second-order valence-corrected chi connectivity index (χ2v) is 3.46. The zero-order valence-electron chi connectivity index (χ0n) is 10.6. The molecule has 2 N–H and O–H groups in total. The first kappa shape index (κ1) is 14.2. The highest BCUT2D eigenvalue weighted by Gasteiger charge is 1.98. The summed E-state index contributed by atoms with van der Waals surface area (Å²) in [6.07, 6.45) is 1.75. The Kier molecular flexibility index (Phi) is 6.68. The number of hydrogen-bond donors (Lipinski definition) is 1. The number of nitrogens with two attached hydrogens (primary N) is 1. The fourth-order valence-electron chi connectivity index (χ4n) is 1.06. The van der Waals surface area contributed by atoms with Gasteiger partial charge in [-0.05, 0) is 31.2 Å². The summed E-state index contributed by atoms with van der Waals surface area (Å²) in [5.74, 6) is 0.574. The van der Waals surface area contributed by atoms with Crippen molar-refractivity contribution in [3.8, 4) is 0 Å². The van der Waals surface area contributed by atoms with Crippen molar-refractivity contribution in [2.24, 2.45) is 10.7 Å². The van der Waals surface area contributed by atoms with E-state index in [1.165, 1.54) is 0 Å². The largest absolute Gasteiger partial charge is 0.384 e. The minimum atomic E-state index is 0.574. The summed E-state index contributed by atoms with van der Waals surface area (Å²) < 4.78 is 0. The maximum Gasteiger partial charge on any atom is 0.125 e. The molecule has 0 aromatic heterocycles. The second-order valence-electron chi connectivity index (χ2n) is 3.46. The van der Waals surface area contributed by atoms with Crippen molar-refractivity contribution >= 4 is 11.5 Å². The lowest BCUT2D eigenvalue weighted by Gasteiger charge is -2.12. The summed E-state index contributed by atoms with van der Waals surface area (Å²) in [6.45, 7) is 5.25. The molecule has 0 radical (unpaired) electrons. The van der Waals surface area contributed by atoms with Crippen LogP contribution in [0.4, 0.5) is 5.69 Å². The molecule has 16 heavy (non-hydrogen) atoms. The molecule has 0 bridgehead atoms. The summed E-state index contributed by atoms with van der Waals surface area (Å²) in [4.78, 5) is 5.96. The van der Waals surface area contributed by atoms with Crippen LogP contribution in [0.1, 0.15) is 12.5 Å². The van der Waals surface area contributed by atoms with E-state index in [2.05, 4.69) is 11.6 Å². The average molecular weight is 219 g/mol. The third-order valence-electron chi connectivity index (χ3n) is 1.92. The molecule has 1 aromatic rings. The van der Waals surface area contributed by atoms with Crippen LogP contribution in [0.5, 0.6) is 0 Å². The van der Waals surface area contributed by atoms with Gasteiger partial charge in [0.05, 0.1) is 0 Å². The molecular weight excluding hydrogens is 198 g/mol. The van der Waals surface area contributed by atoms with Crippen LogP contribution in [0.2, 0.25) is 0 Å². The van der Waals surface area contributed by atoms with E-state index in [4.69, 9.17) is 5.73 Å². The SMILES string of the molecule is C=CC.CN=C(N)c1ccc(N(C)C)cc1. The number of rotatable bonds is 2. The van der Waals surface area contributed by atoms with Crippen molar-refractivity contribution in [1.29, 1.82) is 0 Å². The van der Waals surface area contributed by atoms with Crippen LogP contribution in [0.15, 0.2) is 41.9 Å². The molecule has 3 nitrogen and oxygen atoms in total. The number of aliphatic imine (C=N–C) groups is 1. The van der Waals surface area contributed by atoms with Crippen molar-refractivity contribution in [2.75, 3.05) is 26.0 Å². The van der Waals surface area contributed by atoms with Crippen LogP contribution in [-0.2, 0) is 0 Å². The van der Waals surface area contributed by atoms with Crippen LogP contribution >= 0.6 is 0 Å². The van der Waals surface area contributed by atoms with Gasteiger partial charge >= 0.3 is 0 Å². The zero-order chi connectivity index (χ0) is 12.6. The molecule has 1 aromatic carbocycles. The highest BCUT2D eigenvalue weighted by molar-refractivity contribution is 5.97. The van der Waals surface area contributed by atoms with Gasteiger partial charge in [-0.15, -0.1) is 6.58 Å². The standard InChI is InChI=1S/C10H15N3.C3H6/c1-12-10(11)8-4-6-9(7-5-8)13(2)3;1-3-2/h4-7H,1-3H3,(H2,11,12);3H,1H2,2H3. The molecule has 0 spiro atoms. The van der Waals surface area contributed by atoms with E-state index < -0.39 is 0 Å². The molecule has 0 saturated carbocycles. The van der Waals surface area contributed by atoms with Crippen LogP contribution in [-0.4, -0.2) is 27.0 Å². The number of anilines is 1. The summed E-state index contributed by atoms with van der Waals surface area (Å²) >= 11 is 0. The fourth-order valence-corrected chi connectivity index (χ4v) is 1.06. The van der Waals surface area contributed by atoms with Gasteiger partial charge < -0.3 is 10.6 Å². The lowest BCUT2D eigenvalue weighted by Crippen LogP contribution is -2.13. The first-order chi connectivity index (χ1) is 7.56. The van der Waals surface area contributed by atoms with Gasteiger partial charge in [0.25, 0.3) is 0 Å².